The molecule has 0 spiro atoms. The van der Waals surface area contributed by atoms with Crippen LogP contribution >= 0.6 is 0 Å². The summed E-state index contributed by atoms with van der Waals surface area (Å²) in [5, 5.41) is -0.140. The van der Waals surface area contributed by atoms with Crippen LogP contribution in [0, 0.1) is 0 Å². The highest BCUT2D eigenvalue weighted by Gasteiger charge is 2.47. The van der Waals surface area contributed by atoms with Crippen molar-refractivity contribution in [3.63, 3.8) is 0 Å². The molecule has 136 valence electrons. The molecule has 7 rings (SSSR count). The average Bonchev–Trinajstić information content (AvgIpc) is 3.10. The molecule has 0 N–H and O–H groups in total. The summed E-state index contributed by atoms with van der Waals surface area (Å²) in [4.78, 5) is 18.5. The lowest BCUT2D eigenvalue weighted by Gasteiger charge is -2.37. The summed E-state index contributed by atoms with van der Waals surface area (Å²) >= 11 is 0. The van der Waals surface area contributed by atoms with Crippen molar-refractivity contribution in [2.24, 2.45) is 0 Å². The van der Waals surface area contributed by atoms with Crippen LogP contribution in [-0.2, 0) is 5.31 Å². The predicted molar refractivity (Wildman–Crippen MR) is 117 cm³/mol. The van der Waals surface area contributed by atoms with E-state index in [-0.39, 0.29) is 17.8 Å². The van der Waals surface area contributed by atoms with Gasteiger partial charge in [0, 0.05) is 16.8 Å². The van der Waals surface area contributed by atoms with Gasteiger partial charge in [0.2, 0.25) is 0 Å². The molecule has 4 nitrogen and oxygen atoms in total. The van der Waals surface area contributed by atoms with E-state index in [1.54, 1.807) is 0 Å². The van der Waals surface area contributed by atoms with Crippen LogP contribution in [0.1, 0.15) is 35.6 Å². The van der Waals surface area contributed by atoms with Crippen LogP contribution in [0.4, 0.5) is 0 Å². The Morgan fingerprint density at radius 2 is 1.69 bits per heavy atom. The highest BCUT2D eigenvalue weighted by atomic mass is 16.5. The third kappa shape index (κ3) is 1.66. The first-order chi connectivity index (χ1) is 13.9. The lowest BCUT2D eigenvalue weighted by molar-refractivity contribution is 0.104. The van der Waals surface area contributed by atoms with Crippen molar-refractivity contribution in [3.05, 3.63) is 65.5 Å². The maximum atomic E-state index is 13.4. The second-order valence-corrected chi connectivity index (χ2v) is 9.19. The molecule has 3 aliphatic rings. The van der Waals surface area contributed by atoms with Gasteiger partial charge in [0.1, 0.15) is 25.2 Å². The highest BCUT2D eigenvalue weighted by Crippen LogP contribution is 2.37. The summed E-state index contributed by atoms with van der Waals surface area (Å²) in [7, 11) is 2.18. The molecule has 0 radical (unpaired) electrons. The van der Waals surface area contributed by atoms with Crippen LogP contribution in [0.2, 0.25) is 0 Å². The van der Waals surface area contributed by atoms with E-state index in [0.717, 1.165) is 61.6 Å². The fourth-order valence-corrected chi connectivity index (χ4v) is 5.35. The van der Waals surface area contributed by atoms with Gasteiger partial charge in [-0.05, 0) is 52.0 Å². The zero-order valence-corrected chi connectivity index (χ0v) is 16.4. The molecular weight excluding hydrogens is 358 g/mol. The van der Waals surface area contributed by atoms with Crippen LogP contribution in [0.25, 0.3) is 16.7 Å². The van der Waals surface area contributed by atoms with E-state index < -0.39 is 0 Å². The molecule has 0 saturated heterocycles. The number of ketones is 1. The van der Waals surface area contributed by atoms with Crippen molar-refractivity contribution >= 4 is 47.8 Å². The number of aromatic nitrogens is 2. The fourth-order valence-electron chi connectivity index (χ4n) is 5.35. The van der Waals surface area contributed by atoms with E-state index in [9.17, 15) is 4.79 Å². The number of imidazole rings is 1. The molecule has 6 heteroatoms. The summed E-state index contributed by atoms with van der Waals surface area (Å²) in [5.41, 5.74) is 7.90. The zero-order chi connectivity index (χ0) is 19.7. The summed E-state index contributed by atoms with van der Waals surface area (Å²) in [6, 6.07) is 16.0. The molecule has 29 heavy (non-hydrogen) atoms. The Labute approximate surface area is 169 Å². The van der Waals surface area contributed by atoms with Gasteiger partial charge in [-0.15, -0.1) is 0 Å². The van der Waals surface area contributed by atoms with Gasteiger partial charge in [0.15, 0.2) is 5.78 Å². The maximum absolute atomic E-state index is 13.4. The van der Waals surface area contributed by atoms with E-state index in [4.69, 9.17) is 9.72 Å². The van der Waals surface area contributed by atoms with Crippen LogP contribution in [0.5, 0.6) is 11.5 Å². The third-order valence-corrected chi connectivity index (χ3v) is 6.45. The quantitative estimate of drug-likeness (QED) is 0.408. The molecular formula is C23H16B2N2O2. The number of carbonyl (C=O) groups excluding carboxylic acids is 1. The Bertz CT molecular complexity index is 1450. The number of carbonyl (C=O) groups is 1. The first-order valence-corrected chi connectivity index (χ1v) is 10.00. The van der Waals surface area contributed by atoms with E-state index in [1.165, 1.54) is 0 Å². The van der Waals surface area contributed by atoms with Crippen molar-refractivity contribution in [3.8, 4) is 17.2 Å². The zero-order valence-electron chi connectivity index (χ0n) is 16.4. The standard InChI is InChI=1S/C23H16B2N2O2/c1-23(2,24)22-26-13-10-9-12-18-20(13)27(22)14-6-4-8-16-19(14)25(18)17-11(21(12)28)5-3-7-15(17)29-16/h3-10H,24H2,1-2H3. The first-order valence-electron chi connectivity index (χ1n) is 10.00. The van der Waals surface area contributed by atoms with Gasteiger partial charge < -0.3 is 4.74 Å². The van der Waals surface area contributed by atoms with Crippen molar-refractivity contribution < 1.29 is 9.53 Å². The number of fused-ring (bicyclic) bond motifs is 1. The molecule has 0 unspecified atom stereocenters. The summed E-state index contributed by atoms with van der Waals surface area (Å²) in [6.07, 6.45) is 0. The molecule has 0 saturated carbocycles. The van der Waals surface area contributed by atoms with E-state index >= 15 is 0 Å². The minimum absolute atomic E-state index is 0.00886. The van der Waals surface area contributed by atoms with Crippen molar-refractivity contribution in [2.75, 3.05) is 0 Å². The lowest BCUT2D eigenvalue weighted by Crippen LogP contribution is -2.63. The number of nitrogens with zero attached hydrogens (tertiary/aromatic N) is 2. The van der Waals surface area contributed by atoms with Gasteiger partial charge in [-0.3, -0.25) is 9.36 Å². The number of rotatable bonds is 1. The topological polar surface area (TPSA) is 44.1 Å². The molecule has 3 aromatic carbocycles. The Hall–Kier alpha value is -3.27. The number of hydrogen-bond acceptors (Lipinski definition) is 3. The van der Waals surface area contributed by atoms with E-state index in [1.807, 2.05) is 42.5 Å². The highest BCUT2D eigenvalue weighted by molar-refractivity contribution is 7.01. The van der Waals surface area contributed by atoms with E-state index in [2.05, 4.69) is 32.3 Å². The van der Waals surface area contributed by atoms with Crippen molar-refractivity contribution in [1.82, 2.24) is 9.55 Å². The van der Waals surface area contributed by atoms with Crippen LogP contribution in [0.3, 0.4) is 0 Å². The monoisotopic (exact) mass is 374 g/mol. The van der Waals surface area contributed by atoms with Crippen LogP contribution in [0.15, 0.2) is 48.5 Å². The molecule has 3 aliphatic heterocycles. The normalized spacial score (nSPS) is 15.0. The molecule has 4 aromatic rings. The van der Waals surface area contributed by atoms with Crippen LogP contribution < -0.4 is 21.1 Å². The number of benzene rings is 3. The lowest BCUT2D eigenvalue weighted by atomic mass is 9.31. The average molecular weight is 374 g/mol. The minimum Gasteiger partial charge on any atom is -0.458 e. The summed E-state index contributed by atoms with van der Waals surface area (Å²) < 4.78 is 8.57. The van der Waals surface area contributed by atoms with Gasteiger partial charge in [-0.25, -0.2) is 4.98 Å². The first kappa shape index (κ1) is 15.6. The largest absolute Gasteiger partial charge is 0.458 e. The van der Waals surface area contributed by atoms with Crippen LogP contribution in [-0.4, -0.2) is 29.9 Å². The smallest absolute Gasteiger partial charge is 0.258 e. The second kappa shape index (κ2) is 4.65. The Balaban J connectivity index is 1.76. The predicted octanol–water partition coefficient (Wildman–Crippen LogP) is 1.37. The van der Waals surface area contributed by atoms with Gasteiger partial charge in [0.25, 0.3) is 6.71 Å². The molecule has 0 bridgehead atoms. The van der Waals surface area contributed by atoms with Crippen molar-refractivity contribution in [2.45, 2.75) is 19.2 Å². The van der Waals surface area contributed by atoms with E-state index in [0.29, 0.717) is 0 Å². The van der Waals surface area contributed by atoms with Gasteiger partial charge in [-0.1, -0.05) is 32.0 Å². The Kier molecular flexibility index (Phi) is 2.51. The molecule has 0 amide bonds. The Morgan fingerprint density at radius 1 is 0.966 bits per heavy atom. The molecule has 0 atom stereocenters. The second-order valence-electron chi connectivity index (χ2n) is 9.19. The Morgan fingerprint density at radius 3 is 2.48 bits per heavy atom. The summed E-state index contributed by atoms with van der Waals surface area (Å²) in [6.45, 7) is 4.37. The number of hydrogen-bond donors (Lipinski definition) is 0. The fraction of sp³-hybridized carbons (Fsp3) is 0.130. The molecule has 0 aliphatic carbocycles. The minimum atomic E-state index is -0.140. The summed E-state index contributed by atoms with van der Waals surface area (Å²) in [5.74, 6) is 2.74. The molecule has 1 aromatic heterocycles. The SMILES string of the molecule is BC(C)(C)c1nc2ccc3c4c2n1-c1cccc2c1B4c1c(cccc1C3=O)O2. The van der Waals surface area contributed by atoms with Gasteiger partial charge in [0.05, 0.1) is 11.0 Å². The maximum Gasteiger partial charge on any atom is 0.258 e. The molecule has 0 fully saturated rings. The number of ether oxygens (including phenoxy) is 1. The van der Waals surface area contributed by atoms with Gasteiger partial charge in [-0.2, -0.15) is 0 Å². The van der Waals surface area contributed by atoms with Gasteiger partial charge >= 0.3 is 0 Å². The third-order valence-electron chi connectivity index (χ3n) is 6.45. The van der Waals surface area contributed by atoms with Crippen molar-refractivity contribution in [1.29, 1.82) is 0 Å². The molecule has 4 heterocycles.